The van der Waals surface area contributed by atoms with Crippen molar-refractivity contribution in [3.05, 3.63) is 0 Å². The van der Waals surface area contributed by atoms with Crippen LogP contribution in [-0.4, -0.2) is 62.6 Å². The average molecular weight is 434 g/mol. The highest BCUT2D eigenvalue weighted by atomic mass is 32.2. The van der Waals surface area contributed by atoms with E-state index in [1.54, 1.807) is 0 Å². The summed E-state index contributed by atoms with van der Waals surface area (Å²) in [5, 5.41) is 7.75. The van der Waals surface area contributed by atoms with E-state index < -0.39 is 39.8 Å². The van der Waals surface area contributed by atoms with E-state index in [-0.39, 0.29) is 29.9 Å². The van der Waals surface area contributed by atoms with Crippen molar-refractivity contribution in [3.8, 4) is 0 Å². The van der Waals surface area contributed by atoms with Crippen LogP contribution in [0.4, 0.5) is 0 Å². The van der Waals surface area contributed by atoms with Gasteiger partial charge in [-0.15, -0.1) is 0 Å². The minimum absolute atomic E-state index is 0.0434. The third kappa shape index (κ3) is 13.0. The SMILES string of the molecule is CC(=O)N[C@@H](CC(C)C)C(=O)N[C@@H](CC(C)C)C(=O)N[C@H](C=O)CCS(C)(=O)=O. The lowest BCUT2D eigenvalue weighted by atomic mass is 10.00. The number of amides is 3. The summed E-state index contributed by atoms with van der Waals surface area (Å²) >= 11 is 0. The Bertz CT molecular complexity index is 675. The molecule has 0 fully saturated rings. The largest absolute Gasteiger partial charge is 0.345 e. The van der Waals surface area contributed by atoms with Gasteiger partial charge in [-0.3, -0.25) is 14.4 Å². The van der Waals surface area contributed by atoms with E-state index in [9.17, 15) is 27.6 Å². The number of carbonyl (C=O) groups is 4. The molecule has 0 aromatic heterocycles. The molecule has 9 nitrogen and oxygen atoms in total. The number of hydrogen-bond acceptors (Lipinski definition) is 6. The molecule has 0 aromatic carbocycles. The molecule has 0 saturated heterocycles. The molecule has 0 saturated carbocycles. The van der Waals surface area contributed by atoms with Crippen molar-refractivity contribution < 1.29 is 27.6 Å². The quantitative estimate of drug-likeness (QED) is 0.354. The van der Waals surface area contributed by atoms with Gasteiger partial charge >= 0.3 is 0 Å². The minimum Gasteiger partial charge on any atom is -0.345 e. The van der Waals surface area contributed by atoms with Crippen molar-refractivity contribution >= 4 is 33.8 Å². The first-order chi connectivity index (χ1) is 13.2. The van der Waals surface area contributed by atoms with Gasteiger partial charge in [0, 0.05) is 13.2 Å². The maximum absolute atomic E-state index is 12.7. The lowest BCUT2D eigenvalue weighted by molar-refractivity contribution is -0.133. The Balaban J connectivity index is 5.24. The summed E-state index contributed by atoms with van der Waals surface area (Å²) in [5.41, 5.74) is 0. The highest BCUT2D eigenvalue weighted by molar-refractivity contribution is 7.90. The van der Waals surface area contributed by atoms with E-state index in [0.29, 0.717) is 19.1 Å². The number of sulfone groups is 1. The van der Waals surface area contributed by atoms with E-state index >= 15 is 0 Å². The summed E-state index contributed by atoms with van der Waals surface area (Å²) in [6.45, 7) is 8.91. The van der Waals surface area contributed by atoms with Gasteiger partial charge in [-0.05, 0) is 31.1 Å². The average Bonchev–Trinajstić information content (AvgIpc) is 2.54. The maximum Gasteiger partial charge on any atom is 0.243 e. The van der Waals surface area contributed by atoms with E-state index in [0.717, 1.165) is 6.26 Å². The first-order valence-corrected chi connectivity index (χ1v) is 11.8. The third-order valence-corrected chi connectivity index (χ3v) is 5.01. The van der Waals surface area contributed by atoms with Crippen LogP contribution in [0.1, 0.15) is 53.9 Å². The fourth-order valence-corrected chi connectivity index (χ4v) is 3.40. The second kappa shape index (κ2) is 12.6. The first kappa shape index (κ1) is 27.0. The summed E-state index contributed by atoms with van der Waals surface area (Å²) < 4.78 is 22.6. The molecule has 0 aliphatic heterocycles. The summed E-state index contributed by atoms with van der Waals surface area (Å²) in [7, 11) is -3.28. The Kier molecular flexibility index (Phi) is 11.7. The van der Waals surface area contributed by atoms with Gasteiger partial charge in [-0.1, -0.05) is 27.7 Å². The Morgan fingerprint density at radius 3 is 1.69 bits per heavy atom. The second-order valence-corrected chi connectivity index (χ2v) is 10.5. The van der Waals surface area contributed by atoms with Crippen LogP contribution in [0, 0.1) is 11.8 Å². The van der Waals surface area contributed by atoms with Crippen LogP contribution in [0.5, 0.6) is 0 Å². The van der Waals surface area contributed by atoms with Crippen molar-refractivity contribution in [1.29, 1.82) is 0 Å². The molecule has 3 amide bonds. The molecule has 0 rings (SSSR count). The van der Waals surface area contributed by atoms with Crippen molar-refractivity contribution in [2.75, 3.05) is 12.0 Å². The lowest BCUT2D eigenvalue weighted by Crippen LogP contribution is -2.55. The van der Waals surface area contributed by atoms with Gasteiger partial charge in [0.15, 0.2) is 0 Å². The predicted octanol–water partition coefficient (Wildman–Crippen LogP) is 0.187. The zero-order chi connectivity index (χ0) is 22.8. The fraction of sp³-hybridized carbons (Fsp3) is 0.789. The van der Waals surface area contributed by atoms with Crippen molar-refractivity contribution in [2.45, 2.75) is 72.0 Å². The molecule has 0 heterocycles. The van der Waals surface area contributed by atoms with E-state index in [2.05, 4.69) is 16.0 Å². The van der Waals surface area contributed by atoms with Crippen LogP contribution in [0.25, 0.3) is 0 Å². The van der Waals surface area contributed by atoms with Gasteiger partial charge in [0.1, 0.15) is 28.2 Å². The topological polar surface area (TPSA) is 139 Å². The van der Waals surface area contributed by atoms with Crippen LogP contribution < -0.4 is 16.0 Å². The van der Waals surface area contributed by atoms with Gasteiger partial charge in [0.05, 0.1) is 11.8 Å². The predicted molar refractivity (Wildman–Crippen MR) is 111 cm³/mol. The fourth-order valence-electron chi connectivity index (χ4n) is 2.72. The molecule has 0 spiro atoms. The Morgan fingerprint density at radius 2 is 1.31 bits per heavy atom. The first-order valence-electron chi connectivity index (χ1n) is 9.76. The van der Waals surface area contributed by atoms with Crippen LogP contribution >= 0.6 is 0 Å². The van der Waals surface area contributed by atoms with Gasteiger partial charge in [-0.25, -0.2) is 8.42 Å². The molecular weight excluding hydrogens is 398 g/mol. The Labute approximate surface area is 173 Å². The number of hydrogen-bond donors (Lipinski definition) is 3. The number of nitrogens with one attached hydrogen (secondary N) is 3. The highest BCUT2D eigenvalue weighted by Gasteiger charge is 2.28. The monoisotopic (exact) mass is 433 g/mol. The molecule has 3 atom stereocenters. The maximum atomic E-state index is 12.7. The van der Waals surface area contributed by atoms with Crippen molar-refractivity contribution in [3.63, 3.8) is 0 Å². The summed E-state index contributed by atoms with van der Waals surface area (Å²) in [5.74, 6) is -1.42. The molecule has 29 heavy (non-hydrogen) atoms. The zero-order valence-electron chi connectivity index (χ0n) is 18.2. The smallest absolute Gasteiger partial charge is 0.243 e. The number of aldehydes is 1. The van der Waals surface area contributed by atoms with E-state index in [4.69, 9.17) is 0 Å². The molecule has 3 N–H and O–H groups in total. The minimum atomic E-state index is -3.28. The van der Waals surface area contributed by atoms with Crippen LogP contribution in [0.2, 0.25) is 0 Å². The van der Waals surface area contributed by atoms with Crippen LogP contribution in [-0.2, 0) is 29.0 Å². The van der Waals surface area contributed by atoms with Crippen molar-refractivity contribution in [1.82, 2.24) is 16.0 Å². The molecule has 168 valence electrons. The van der Waals surface area contributed by atoms with E-state index in [1.165, 1.54) is 6.92 Å². The zero-order valence-corrected chi connectivity index (χ0v) is 19.0. The molecule has 0 unspecified atom stereocenters. The normalized spacial score (nSPS) is 14.8. The van der Waals surface area contributed by atoms with Crippen LogP contribution in [0.15, 0.2) is 0 Å². The standard InChI is InChI=1S/C19H35N3O6S/c1-12(2)9-16(20-14(5)24)19(26)22-17(10-13(3)4)18(25)21-15(11-23)7-8-29(6,27)28/h11-13,15-17H,7-10H2,1-6H3,(H,20,24)(H,21,25)(H,22,26)/t15-,16-,17-/m0/s1. The Hall–Kier alpha value is -1.97. The van der Waals surface area contributed by atoms with Gasteiger partial charge in [0.2, 0.25) is 17.7 Å². The molecule has 0 bridgehead atoms. The van der Waals surface area contributed by atoms with Crippen LogP contribution in [0.3, 0.4) is 0 Å². The molecule has 0 aromatic rings. The molecule has 0 aliphatic carbocycles. The Morgan fingerprint density at radius 1 is 0.862 bits per heavy atom. The molecule has 10 heteroatoms. The highest BCUT2D eigenvalue weighted by Crippen LogP contribution is 2.09. The lowest BCUT2D eigenvalue weighted by Gasteiger charge is -2.25. The van der Waals surface area contributed by atoms with E-state index in [1.807, 2.05) is 27.7 Å². The van der Waals surface area contributed by atoms with Gasteiger partial charge < -0.3 is 20.7 Å². The second-order valence-electron chi connectivity index (χ2n) is 8.24. The summed E-state index contributed by atoms with van der Waals surface area (Å²) in [4.78, 5) is 48.0. The van der Waals surface area contributed by atoms with Crippen molar-refractivity contribution in [2.24, 2.45) is 11.8 Å². The summed E-state index contributed by atoms with van der Waals surface area (Å²) in [6, 6.07) is -2.65. The molecule has 0 radical (unpaired) electrons. The molecular formula is C19H35N3O6S. The molecule has 0 aliphatic rings. The summed E-state index contributed by atoms with van der Waals surface area (Å²) in [6.07, 6.45) is 2.22. The number of rotatable bonds is 13. The third-order valence-electron chi connectivity index (χ3n) is 4.03. The van der Waals surface area contributed by atoms with Gasteiger partial charge in [0.25, 0.3) is 0 Å². The van der Waals surface area contributed by atoms with Gasteiger partial charge in [-0.2, -0.15) is 0 Å². The number of carbonyl (C=O) groups excluding carboxylic acids is 4.